The minimum atomic E-state index is -0.568. The average molecular weight is 287 g/mol. The molecule has 21 heavy (non-hydrogen) atoms. The van der Waals surface area contributed by atoms with E-state index >= 15 is 0 Å². The summed E-state index contributed by atoms with van der Waals surface area (Å²) in [6, 6.07) is 11.2. The molecule has 0 aliphatic carbocycles. The number of hydrogen-bond donors (Lipinski definition) is 0. The van der Waals surface area contributed by atoms with Gasteiger partial charge in [-0.05, 0) is 36.1 Å². The van der Waals surface area contributed by atoms with E-state index in [4.69, 9.17) is 0 Å². The van der Waals surface area contributed by atoms with E-state index in [0.29, 0.717) is 31.5 Å². The molecule has 1 amide bonds. The summed E-state index contributed by atoms with van der Waals surface area (Å²) < 4.78 is 26.3. The Kier molecular flexibility index (Phi) is 3.69. The van der Waals surface area contributed by atoms with Crippen molar-refractivity contribution in [3.05, 3.63) is 70.8 Å². The number of nitrogens with zero attached hydrogens (tertiary/aromatic N) is 1. The van der Waals surface area contributed by atoms with Gasteiger partial charge >= 0.3 is 0 Å². The minimum Gasteiger partial charge on any atom is -0.334 e. The van der Waals surface area contributed by atoms with Gasteiger partial charge in [0.15, 0.2) is 0 Å². The number of carbonyl (C=O) groups is 1. The lowest BCUT2D eigenvalue weighted by atomic mass is 10.1. The molecule has 0 spiro atoms. The molecular weight excluding hydrogens is 272 g/mol. The lowest BCUT2D eigenvalue weighted by Gasteiger charge is -2.15. The van der Waals surface area contributed by atoms with Gasteiger partial charge in [0.25, 0.3) is 5.91 Å². The Morgan fingerprint density at radius 2 is 1.90 bits per heavy atom. The second-order valence-corrected chi connectivity index (χ2v) is 5.22. The third-order valence-electron chi connectivity index (χ3n) is 3.79. The van der Waals surface area contributed by atoms with E-state index in [2.05, 4.69) is 0 Å². The molecule has 0 bridgehead atoms. The number of halogens is 2. The van der Waals surface area contributed by atoms with Crippen molar-refractivity contribution >= 4 is 5.91 Å². The van der Waals surface area contributed by atoms with Crippen LogP contribution < -0.4 is 0 Å². The van der Waals surface area contributed by atoms with Crippen LogP contribution in [-0.4, -0.2) is 17.4 Å². The van der Waals surface area contributed by atoms with Crippen LogP contribution in [0.5, 0.6) is 0 Å². The molecule has 0 saturated carbocycles. The van der Waals surface area contributed by atoms with E-state index in [1.54, 1.807) is 4.90 Å². The van der Waals surface area contributed by atoms with E-state index in [1.807, 2.05) is 24.3 Å². The van der Waals surface area contributed by atoms with Gasteiger partial charge in [-0.2, -0.15) is 0 Å². The van der Waals surface area contributed by atoms with Crippen LogP contribution in [-0.2, 0) is 13.0 Å². The number of carbonyl (C=O) groups excluding carboxylic acids is 1. The zero-order chi connectivity index (χ0) is 14.8. The maximum Gasteiger partial charge on any atom is 0.254 e. The third-order valence-corrected chi connectivity index (χ3v) is 3.79. The molecule has 3 rings (SSSR count). The van der Waals surface area contributed by atoms with Gasteiger partial charge in [-0.1, -0.05) is 24.3 Å². The van der Waals surface area contributed by atoms with Crippen molar-refractivity contribution in [2.45, 2.75) is 19.4 Å². The molecule has 1 heterocycles. The first-order valence-electron chi connectivity index (χ1n) is 6.96. The van der Waals surface area contributed by atoms with Crippen LogP contribution in [0.15, 0.2) is 42.5 Å². The molecule has 2 nitrogen and oxygen atoms in total. The molecule has 0 atom stereocenters. The monoisotopic (exact) mass is 287 g/mol. The van der Waals surface area contributed by atoms with E-state index in [1.165, 1.54) is 12.1 Å². The zero-order valence-corrected chi connectivity index (χ0v) is 11.5. The van der Waals surface area contributed by atoms with Crippen molar-refractivity contribution in [1.82, 2.24) is 4.90 Å². The minimum absolute atomic E-state index is 0.0326. The summed E-state index contributed by atoms with van der Waals surface area (Å²) in [5.41, 5.74) is 2.28. The van der Waals surface area contributed by atoms with Crippen LogP contribution in [0.1, 0.15) is 27.9 Å². The van der Waals surface area contributed by atoms with Crippen molar-refractivity contribution in [2.75, 3.05) is 6.54 Å². The van der Waals surface area contributed by atoms with Gasteiger partial charge in [0.05, 0.1) is 0 Å². The normalized spacial score (nSPS) is 13.6. The maximum absolute atomic E-state index is 13.5. The van der Waals surface area contributed by atoms with Crippen molar-refractivity contribution in [3.63, 3.8) is 0 Å². The van der Waals surface area contributed by atoms with Gasteiger partial charge in [-0.3, -0.25) is 4.79 Å². The number of fused-ring (bicyclic) bond motifs is 1. The van der Waals surface area contributed by atoms with Crippen molar-refractivity contribution in [1.29, 1.82) is 0 Å². The van der Waals surface area contributed by atoms with Crippen molar-refractivity contribution in [3.8, 4) is 0 Å². The predicted molar refractivity (Wildman–Crippen MR) is 75.9 cm³/mol. The summed E-state index contributed by atoms with van der Waals surface area (Å²) >= 11 is 0. The first-order valence-corrected chi connectivity index (χ1v) is 6.96. The number of hydrogen-bond acceptors (Lipinski definition) is 1. The van der Waals surface area contributed by atoms with Gasteiger partial charge < -0.3 is 4.90 Å². The average Bonchev–Trinajstić information content (AvgIpc) is 2.79. The molecule has 0 radical (unpaired) electrons. The van der Waals surface area contributed by atoms with Gasteiger partial charge in [-0.25, -0.2) is 8.78 Å². The summed E-state index contributed by atoms with van der Waals surface area (Å²) in [7, 11) is 0. The smallest absolute Gasteiger partial charge is 0.254 e. The molecule has 1 aliphatic rings. The fourth-order valence-corrected chi connectivity index (χ4v) is 2.68. The number of rotatable bonds is 4. The molecule has 1 aliphatic heterocycles. The highest BCUT2D eigenvalue weighted by Crippen LogP contribution is 2.22. The third kappa shape index (κ3) is 2.79. The van der Waals surface area contributed by atoms with Crippen LogP contribution >= 0.6 is 0 Å². The molecule has 0 fully saturated rings. The fourth-order valence-electron chi connectivity index (χ4n) is 2.68. The highest BCUT2D eigenvalue weighted by Gasteiger charge is 2.25. The zero-order valence-electron chi connectivity index (χ0n) is 11.5. The van der Waals surface area contributed by atoms with Gasteiger partial charge in [0, 0.05) is 24.7 Å². The van der Waals surface area contributed by atoms with Crippen molar-refractivity contribution in [2.24, 2.45) is 0 Å². The molecular formula is C17H15F2NO. The van der Waals surface area contributed by atoms with Gasteiger partial charge in [0.2, 0.25) is 0 Å². The van der Waals surface area contributed by atoms with Crippen LogP contribution in [0.25, 0.3) is 0 Å². The number of benzene rings is 2. The van der Waals surface area contributed by atoms with Crippen LogP contribution in [0.3, 0.4) is 0 Å². The topological polar surface area (TPSA) is 20.3 Å². The summed E-state index contributed by atoms with van der Waals surface area (Å²) in [4.78, 5) is 13.9. The Hall–Kier alpha value is -2.23. The Morgan fingerprint density at radius 3 is 2.67 bits per heavy atom. The van der Waals surface area contributed by atoms with Crippen LogP contribution in [0.2, 0.25) is 0 Å². The van der Waals surface area contributed by atoms with E-state index in [0.717, 1.165) is 17.2 Å². The number of amides is 1. The molecule has 2 aromatic rings. The quantitative estimate of drug-likeness (QED) is 0.842. The fraction of sp³-hybridized carbons (Fsp3) is 0.235. The highest BCUT2D eigenvalue weighted by atomic mass is 19.1. The molecule has 0 saturated heterocycles. The van der Waals surface area contributed by atoms with E-state index in [9.17, 15) is 13.6 Å². The Labute approximate surface area is 122 Å². The molecule has 0 unspecified atom stereocenters. The molecule has 0 aromatic heterocycles. The predicted octanol–water partition coefficient (Wildman–Crippen LogP) is 3.55. The molecule has 108 valence electrons. The van der Waals surface area contributed by atoms with Crippen LogP contribution in [0, 0.1) is 11.6 Å². The van der Waals surface area contributed by atoms with Gasteiger partial charge in [-0.15, -0.1) is 0 Å². The lowest BCUT2D eigenvalue weighted by molar-refractivity contribution is 0.0776. The largest absolute Gasteiger partial charge is 0.334 e. The first kappa shape index (κ1) is 13.7. The Morgan fingerprint density at radius 1 is 1.10 bits per heavy atom. The van der Waals surface area contributed by atoms with Gasteiger partial charge in [0.1, 0.15) is 11.6 Å². The molecule has 4 heteroatoms. The highest BCUT2D eigenvalue weighted by molar-refractivity contribution is 5.98. The number of aryl methyl sites for hydroxylation is 1. The SMILES string of the molecule is O=C1c2ccccc2CN1CCCc1ccc(F)cc1F. The van der Waals surface area contributed by atoms with Crippen LogP contribution in [0.4, 0.5) is 8.78 Å². The summed E-state index contributed by atoms with van der Waals surface area (Å²) in [5, 5.41) is 0. The second kappa shape index (κ2) is 5.64. The summed E-state index contributed by atoms with van der Waals surface area (Å²) in [6.45, 7) is 1.19. The summed E-state index contributed by atoms with van der Waals surface area (Å²) in [6.07, 6.45) is 1.15. The standard InChI is InChI=1S/C17H15F2NO/c18-14-8-7-12(16(19)10-14)5-3-9-20-11-13-4-1-2-6-15(13)17(20)21/h1-2,4,6-8,10H,3,5,9,11H2. The first-order chi connectivity index (χ1) is 10.1. The van der Waals surface area contributed by atoms with E-state index in [-0.39, 0.29) is 5.91 Å². The Balaban J connectivity index is 1.59. The molecule has 2 aromatic carbocycles. The van der Waals surface area contributed by atoms with E-state index < -0.39 is 11.6 Å². The van der Waals surface area contributed by atoms with Crippen molar-refractivity contribution < 1.29 is 13.6 Å². The molecule has 0 N–H and O–H groups in total. The lowest BCUT2D eigenvalue weighted by Crippen LogP contribution is -2.25. The maximum atomic E-state index is 13.5. The Bertz CT molecular complexity index is 684. The summed E-state index contributed by atoms with van der Waals surface area (Å²) in [5.74, 6) is -1.06. The second-order valence-electron chi connectivity index (χ2n) is 5.22.